The van der Waals surface area contributed by atoms with E-state index in [-0.39, 0.29) is 10.8 Å². The first-order valence-electron chi connectivity index (χ1n) is 8.84. The number of amides is 1. The van der Waals surface area contributed by atoms with Crippen molar-refractivity contribution in [3.8, 4) is 5.75 Å². The van der Waals surface area contributed by atoms with Gasteiger partial charge in [-0.15, -0.1) is 0 Å². The van der Waals surface area contributed by atoms with E-state index in [1.165, 1.54) is 25.3 Å². The number of carbonyl (C=O) groups is 1. The van der Waals surface area contributed by atoms with Crippen molar-refractivity contribution in [1.29, 1.82) is 0 Å². The zero-order chi connectivity index (χ0) is 22.3. The highest BCUT2D eigenvalue weighted by Crippen LogP contribution is 2.32. The van der Waals surface area contributed by atoms with Gasteiger partial charge in [0.15, 0.2) is 11.9 Å². The van der Waals surface area contributed by atoms with Gasteiger partial charge < -0.3 is 14.4 Å². The Morgan fingerprint density at radius 2 is 1.97 bits per heavy atom. The van der Waals surface area contributed by atoms with E-state index in [1.807, 2.05) is 5.48 Å². The minimum Gasteiger partial charge on any atom is -0.451 e. The summed E-state index contributed by atoms with van der Waals surface area (Å²) in [6.45, 7) is 3.43. The molecule has 0 radical (unpaired) electrons. The van der Waals surface area contributed by atoms with Crippen molar-refractivity contribution < 1.29 is 32.4 Å². The maximum atomic E-state index is 13.0. The van der Waals surface area contributed by atoms with Crippen LogP contribution >= 0.6 is 11.6 Å². The Bertz CT molecular complexity index is 919. The molecule has 0 aliphatic heterocycles. The molecule has 10 heteroatoms. The highest BCUT2D eigenvalue weighted by Gasteiger charge is 2.31. The predicted octanol–water partition coefficient (Wildman–Crippen LogP) is 5.90. The lowest BCUT2D eigenvalue weighted by Crippen LogP contribution is -2.26. The molecule has 162 valence electrons. The first-order chi connectivity index (χ1) is 14.2. The smallest absolute Gasteiger partial charge is 0.440 e. The third kappa shape index (κ3) is 6.28. The molecule has 6 nitrogen and oxygen atoms in total. The van der Waals surface area contributed by atoms with Crippen LogP contribution in [-0.4, -0.2) is 18.9 Å². The number of hydrogen-bond acceptors (Lipinski definition) is 5. The minimum atomic E-state index is -4.44. The number of halogens is 4. The molecule has 2 rings (SSSR count). The molecule has 1 atom stereocenters. The molecule has 1 N–H and O–H groups in total. The van der Waals surface area contributed by atoms with Crippen molar-refractivity contribution in [2.24, 2.45) is 5.16 Å². The second kappa shape index (κ2) is 10.2. The fourth-order valence-electron chi connectivity index (χ4n) is 2.43. The van der Waals surface area contributed by atoms with Gasteiger partial charge in [-0.2, -0.15) is 18.7 Å². The fraction of sp³-hybridized carbons (Fsp3) is 0.300. The molecule has 0 spiro atoms. The Hall–Kier alpha value is -2.94. The van der Waals surface area contributed by atoms with Gasteiger partial charge in [0, 0.05) is 5.56 Å². The molecule has 0 saturated heterocycles. The standard InChI is InChI=1S/C20H20ClF3N2O4/c1-4-17(14-6-5-7-15(10-14)20(22,23)24)29-25-12(2)13-8-9-16(21)18(11-13)30-26-19(27)28-3/h5-11,17H,4H2,1-3H3,(H,26,27)/b25-12+. The molecule has 0 saturated carbocycles. The summed E-state index contributed by atoms with van der Waals surface area (Å²) in [6.07, 6.45) is -5.50. The van der Waals surface area contributed by atoms with Crippen molar-refractivity contribution >= 4 is 23.4 Å². The van der Waals surface area contributed by atoms with Crippen molar-refractivity contribution in [1.82, 2.24) is 5.48 Å². The molecule has 1 amide bonds. The van der Waals surface area contributed by atoms with E-state index >= 15 is 0 Å². The molecule has 0 aromatic heterocycles. The number of oxime groups is 1. The van der Waals surface area contributed by atoms with Crippen LogP contribution in [0.2, 0.25) is 5.02 Å². The van der Waals surface area contributed by atoms with E-state index in [0.29, 0.717) is 23.3 Å². The van der Waals surface area contributed by atoms with Crippen LogP contribution in [0.25, 0.3) is 0 Å². The first-order valence-corrected chi connectivity index (χ1v) is 9.21. The third-order valence-corrected chi connectivity index (χ3v) is 4.36. The Labute approximate surface area is 176 Å². The number of carbonyl (C=O) groups excluding carboxylic acids is 1. The average Bonchev–Trinajstić information content (AvgIpc) is 2.72. The zero-order valence-corrected chi connectivity index (χ0v) is 17.2. The van der Waals surface area contributed by atoms with Crippen molar-refractivity contribution in [2.75, 3.05) is 7.11 Å². The van der Waals surface area contributed by atoms with E-state index < -0.39 is 23.9 Å². The summed E-state index contributed by atoms with van der Waals surface area (Å²) in [5.74, 6) is 0.152. The number of hydroxylamine groups is 1. The van der Waals surface area contributed by atoms with Crippen LogP contribution in [-0.2, 0) is 15.8 Å². The summed E-state index contributed by atoms with van der Waals surface area (Å²) in [6, 6.07) is 9.65. The van der Waals surface area contributed by atoms with E-state index in [2.05, 4.69) is 9.89 Å². The second-order valence-corrected chi connectivity index (χ2v) is 6.55. The normalized spacial score (nSPS) is 12.8. The molecule has 0 aliphatic rings. The maximum absolute atomic E-state index is 13.0. The van der Waals surface area contributed by atoms with E-state index in [9.17, 15) is 18.0 Å². The van der Waals surface area contributed by atoms with E-state index in [1.54, 1.807) is 26.0 Å². The van der Waals surface area contributed by atoms with Gasteiger partial charge in [0.1, 0.15) is 0 Å². The summed E-state index contributed by atoms with van der Waals surface area (Å²) in [5, 5.41) is 4.28. The van der Waals surface area contributed by atoms with Crippen LogP contribution < -0.4 is 10.3 Å². The number of ether oxygens (including phenoxy) is 1. The Kier molecular flexibility index (Phi) is 7.93. The van der Waals surface area contributed by atoms with Gasteiger partial charge in [-0.3, -0.25) is 0 Å². The number of nitrogens with zero attached hydrogens (tertiary/aromatic N) is 1. The minimum absolute atomic E-state index is 0.152. The quantitative estimate of drug-likeness (QED) is 0.426. The van der Waals surface area contributed by atoms with Crippen LogP contribution in [0.15, 0.2) is 47.6 Å². The predicted molar refractivity (Wildman–Crippen MR) is 105 cm³/mol. The van der Waals surface area contributed by atoms with Crippen LogP contribution in [0.3, 0.4) is 0 Å². The van der Waals surface area contributed by atoms with Gasteiger partial charge in [-0.1, -0.05) is 41.9 Å². The lowest BCUT2D eigenvalue weighted by molar-refractivity contribution is -0.137. The Morgan fingerprint density at radius 3 is 2.60 bits per heavy atom. The molecule has 2 aromatic carbocycles. The molecule has 0 heterocycles. The Morgan fingerprint density at radius 1 is 1.23 bits per heavy atom. The first kappa shape index (κ1) is 23.3. The van der Waals surface area contributed by atoms with Gasteiger partial charge >= 0.3 is 12.3 Å². The summed E-state index contributed by atoms with van der Waals surface area (Å²) in [4.78, 5) is 21.7. The number of rotatable bonds is 7. The molecule has 0 aliphatic carbocycles. The van der Waals surface area contributed by atoms with Gasteiger partial charge in [0.2, 0.25) is 0 Å². The monoisotopic (exact) mass is 444 g/mol. The molecule has 1 unspecified atom stereocenters. The molecule has 0 fully saturated rings. The number of hydrogen-bond donors (Lipinski definition) is 1. The Balaban J connectivity index is 2.17. The molecule has 0 bridgehead atoms. The van der Waals surface area contributed by atoms with Crippen molar-refractivity contribution in [3.05, 3.63) is 64.2 Å². The third-order valence-electron chi connectivity index (χ3n) is 4.05. The fourth-order valence-corrected chi connectivity index (χ4v) is 2.58. The van der Waals surface area contributed by atoms with Gasteiger partial charge in [-0.05, 0) is 43.2 Å². The molecular weight excluding hydrogens is 425 g/mol. The molecule has 2 aromatic rings. The number of methoxy groups -OCH3 is 1. The highest BCUT2D eigenvalue weighted by molar-refractivity contribution is 6.32. The summed E-state index contributed by atoms with van der Waals surface area (Å²) >= 11 is 6.03. The van der Waals surface area contributed by atoms with E-state index in [0.717, 1.165) is 12.1 Å². The SMILES string of the molecule is CCC(O/N=C(\C)c1ccc(Cl)c(ONC(=O)OC)c1)c1cccc(C(F)(F)F)c1. The van der Waals surface area contributed by atoms with Crippen LogP contribution in [0.4, 0.5) is 18.0 Å². The van der Waals surface area contributed by atoms with E-state index in [4.69, 9.17) is 21.3 Å². The number of benzene rings is 2. The van der Waals surface area contributed by atoms with Gasteiger partial charge in [0.25, 0.3) is 0 Å². The highest BCUT2D eigenvalue weighted by atomic mass is 35.5. The second-order valence-electron chi connectivity index (χ2n) is 6.14. The van der Waals surface area contributed by atoms with Crippen LogP contribution in [0.1, 0.15) is 43.1 Å². The van der Waals surface area contributed by atoms with Crippen LogP contribution in [0, 0.1) is 0 Å². The lowest BCUT2D eigenvalue weighted by atomic mass is 10.0. The lowest BCUT2D eigenvalue weighted by Gasteiger charge is -2.16. The van der Waals surface area contributed by atoms with Crippen molar-refractivity contribution in [3.63, 3.8) is 0 Å². The zero-order valence-electron chi connectivity index (χ0n) is 16.4. The number of alkyl halides is 3. The van der Waals surface area contributed by atoms with Gasteiger partial charge in [-0.25, -0.2) is 4.79 Å². The maximum Gasteiger partial charge on any atom is 0.440 e. The van der Waals surface area contributed by atoms with Crippen LogP contribution in [0.5, 0.6) is 5.75 Å². The number of nitrogens with one attached hydrogen (secondary N) is 1. The average molecular weight is 445 g/mol. The molecule has 30 heavy (non-hydrogen) atoms. The van der Waals surface area contributed by atoms with Crippen molar-refractivity contribution in [2.45, 2.75) is 32.5 Å². The largest absolute Gasteiger partial charge is 0.451 e. The topological polar surface area (TPSA) is 69.2 Å². The summed E-state index contributed by atoms with van der Waals surface area (Å²) in [7, 11) is 1.18. The van der Waals surface area contributed by atoms with Gasteiger partial charge in [0.05, 0.1) is 23.4 Å². The summed E-state index contributed by atoms with van der Waals surface area (Å²) < 4.78 is 43.3. The molecular formula is C20H20ClF3N2O4. The summed E-state index contributed by atoms with van der Waals surface area (Å²) in [5.41, 5.74) is 2.66.